The second-order valence-electron chi connectivity index (χ2n) is 9.06. The molecule has 1 spiro atoms. The lowest BCUT2D eigenvalue weighted by Crippen LogP contribution is -2.54. The first kappa shape index (κ1) is 24.9. The fraction of sp³-hybridized carbons (Fsp3) is 0.346. The highest BCUT2D eigenvalue weighted by atomic mass is 35.5. The summed E-state index contributed by atoms with van der Waals surface area (Å²) in [6.07, 6.45) is 3.42. The molecule has 2 aromatic rings. The third-order valence-corrected chi connectivity index (χ3v) is 7.10. The predicted octanol–water partition coefficient (Wildman–Crippen LogP) is 4.65. The Morgan fingerprint density at radius 3 is 2.92 bits per heavy atom. The van der Waals surface area contributed by atoms with Crippen molar-refractivity contribution in [3.63, 3.8) is 0 Å². The molecule has 0 radical (unpaired) electrons. The number of halogens is 2. The summed E-state index contributed by atoms with van der Waals surface area (Å²) in [5.74, 6) is 0.250. The Balaban J connectivity index is 1.38. The van der Waals surface area contributed by atoms with Gasteiger partial charge < -0.3 is 24.8 Å². The molecule has 11 heteroatoms. The van der Waals surface area contributed by atoms with Gasteiger partial charge in [-0.25, -0.2) is 9.18 Å². The van der Waals surface area contributed by atoms with Gasteiger partial charge >= 0.3 is 6.09 Å². The van der Waals surface area contributed by atoms with E-state index in [0.29, 0.717) is 37.3 Å². The number of nitrogens with two attached hydrogens (primary N) is 1. The summed E-state index contributed by atoms with van der Waals surface area (Å²) in [7, 11) is 0. The molecule has 5 rings (SSSR count). The highest BCUT2D eigenvalue weighted by molar-refractivity contribution is 6.31. The fourth-order valence-electron chi connectivity index (χ4n) is 5.02. The lowest BCUT2D eigenvalue weighted by Gasteiger charge is -2.45. The Morgan fingerprint density at radius 1 is 1.32 bits per heavy atom. The summed E-state index contributed by atoms with van der Waals surface area (Å²) in [5.41, 5.74) is 5.95. The van der Waals surface area contributed by atoms with Crippen LogP contribution < -0.4 is 20.5 Å². The highest BCUT2D eigenvalue weighted by Gasteiger charge is 2.48. The highest BCUT2D eigenvalue weighted by Crippen LogP contribution is 2.45. The fourth-order valence-corrected chi connectivity index (χ4v) is 5.17. The summed E-state index contributed by atoms with van der Waals surface area (Å²) in [6.45, 7) is 2.50. The quantitative estimate of drug-likeness (QED) is 0.431. The normalized spacial score (nSPS) is 21.5. The number of benzene rings is 2. The summed E-state index contributed by atoms with van der Waals surface area (Å²) < 4.78 is 31.6. The van der Waals surface area contributed by atoms with Gasteiger partial charge in [0.15, 0.2) is 22.9 Å². The number of amides is 2. The first-order valence-electron chi connectivity index (χ1n) is 12.0. The summed E-state index contributed by atoms with van der Waals surface area (Å²) in [4.78, 5) is 31.9. The van der Waals surface area contributed by atoms with Crippen LogP contribution in [0.25, 0.3) is 0 Å². The number of carbonyl (C=O) groups excluding carboxylic acids is 2. The van der Waals surface area contributed by atoms with E-state index in [4.69, 9.17) is 31.5 Å². The Morgan fingerprint density at radius 2 is 2.14 bits per heavy atom. The maximum Gasteiger partial charge on any atom is 0.412 e. The van der Waals surface area contributed by atoms with Crippen LogP contribution in [0.15, 0.2) is 47.1 Å². The molecule has 1 fully saturated rings. The standard InChI is InChI=1S/C26H26ClFN4O5/c1-2-18(15-4-7-20-21(10-15)36-14-35-20)30-12-16(11-29)24(33)32-9-3-8-26(13-32)22-19(31-25(34)37-26)6-5-17(27)23(22)28/h4-7,10-12,18H,2-3,8-9,13-14,29H2,1H3,(H,31,34)/b16-11+,30-12?/t18?,26-/m0/s1. The number of carbonyl (C=O) groups is 2. The topological polar surface area (TPSA) is 115 Å². The molecule has 1 unspecified atom stereocenters. The molecule has 0 bridgehead atoms. The number of nitrogens with zero attached hydrogens (tertiary/aromatic N) is 2. The van der Waals surface area contributed by atoms with Crippen molar-refractivity contribution in [3.05, 3.63) is 64.1 Å². The van der Waals surface area contributed by atoms with Crippen molar-refractivity contribution in [1.29, 1.82) is 0 Å². The van der Waals surface area contributed by atoms with Crippen LogP contribution in [0.1, 0.15) is 43.4 Å². The number of hydrogen-bond donors (Lipinski definition) is 2. The molecule has 0 saturated carbocycles. The van der Waals surface area contributed by atoms with Crippen molar-refractivity contribution in [2.45, 2.75) is 37.8 Å². The molecule has 9 nitrogen and oxygen atoms in total. The van der Waals surface area contributed by atoms with Gasteiger partial charge in [0.1, 0.15) is 0 Å². The molecule has 0 aliphatic carbocycles. The van der Waals surface area contributed by atoms with E-state index >= 15 is 4.39 Å². The van der Waals surface area contributed by atoms with Crippen LogP contribution in [0.2, 0.25) is 5.02 Å². The SMILES string of the molecule is CCC(N=C/C(=C\N)C(=O)N1CCC[C@@]2(C1)OC(=O)Nc1ccc(Cl)c(F)c12)c1ccc2c(c1)OCO2. The molecule has 3 N–H and O–H groups in total. The molecule has 0 aromatic heterocycles. The maximum atomic E-state index is 15.1. The van der Waals surface area contributed by atoms with Gasteiger partial charge in [0, 0.05) is 19.0 Å². The van der Waals surface area contributed by atoms with Crippen LogP contribution in [0.4, 0.5) is 14.9 Å². The van der Waals surface area contributed by atoms with Gasteiger partial charge in [-0.05, 0) is 49.1 Å². The number of fused-ring (bicyclic) bond motifs is 3. The monoisotopic (exact) mass is 528 g/mol. The predicted molar refractivity (Wildman–Crippen MR) is 135 cm³/mol. The van der Waals surface area contributed by atoms with E-state index in [1.54, 1.807) is 0 Å². The summed E-state index contributed by atoms with van der Waals surface area (Å²) >= 11 is 6.04. The number of rotatable bonds is 5. The molecule has 2 aromatic carbocycles. The molecule has 3 heterocycles. The molecule has 1 saturated heterocycles. The number of aliphatic imine (C=N–C) groups is 1. The zero-order valence-corrected chi connectivity index (χ0v) is 20.9. The van der Waals surface area contributed by atoms with Crippen LogP contribution in [0.5, 0.6) is 11.5 Å². The lowest BCUT2D eigenvalue weighted by atomic mass is 9.83. The van der Waals surface area contributed by atoms with Gasteiger partial charge in [0.25, 0.3) is 5.91 Å². The third-order valence-electron chi connectivity index (χ3n) is 6.81. The van der Waals surface area contributed by atoms with Crippen molar-refractivity contribution in [2.24, 2.45) is 10.7 Å². The molecule has 3 aliphatic rings. The number of likely N-dealkylation sites (tertiary alicyclic amines) is 1. The van der Waals surface area contributed by atoms with E-state index in [9.17, 15) is 9.59 Å². The number of nitrogens with one attached hydrogen (secondary N) is 1. The van der Waals surface area contributed by atoms with E-state index in [-0.39, 0.29) is 41.2 Å². The van der Waals surface area contributed by atoms with Crippen molar-refractivity contribution < 1.29 is 28.2 Å². The van der Waals surface area contributed by atoms with Crippen molar-refractivity contribution in [3.8, 4) is 11.5 Å². The summed E-state index contributed by atoms with van der Waals surface area (Å²) in [6, 6.07) is 8.28. The Kier molecular flexibility index (Phi) is 6.68. The molecular formula is C26H26ClFN4O5. The van der Waals surface area contributed by atoms with Gasteiger partial charge in [-0.1, -0.05) is 24.6 Å². The second kappa shape index (κ2) is 9.93. The van der Waals surface area contributed by atoms with Crippen molar-refractivity contribution in [2.75, 3.05) is 25.2 Å². The number of hydrogen-bond acceptors (Lipinski definition) is 7. The van der Waals surface area contributed by atoms with Gasteiger partial charge in [-0.3, -0.25) is 15.1 Å². The van der Waals surface area contributed by atoms with Gasteiger partial charge in [0.05, 0.1) is 34.4 Å². The first-order valence-corrected chi connectivity index (χ1v) is 12.4. The lowest BCUT2D eigenvalue weighted by molar-refractivity contribution is -0.134. The van der Waals surface area contributed by atoms with Gasteiger partial charge in [0.2, 0.25) is 6.79 Å². The molecule has 2 amide bonds. The van der Waals surface area contributed by atoms with Gasteiger partial charge in [-0.15, -0.1) is 0 Å². The van der Waals surface area contributed by atoms with Crippen LogP contribution in [0.3, 0.4) is 0 Å². The molecule has 37 heavy (non-hydrogen) atoms. The third kappa shape index (κ3) is 4.57. The zero-order valence-electron chi connectivity index (χ0n) is 20.1. The van der Waals surface area contributed by atoms with E-state index < -0.39 is 23.4 Å². The molecular weight excluding hydrogens is 503 g/mol. The van der Waals surface area contributed by atoms with Crippen LogP contribution in [-0.2, 0) is 15.1 Å². The van der Waals surface area contributed by atoms with Gasteiger partial charge in [-0.2, -0.15) is 0 Å². The second-order valence-corrected chi connectivity index (χ2v) is 9.47. The van der Waals surface area contributed by atoms with E-state index in [0.717, 1.165) is 5.56 Å². The number of anilines is 1. The largest absolute Gasteiger partial charge is 0.454 e. The zero-order chi connectivity index (χ0) is 26.2. The minimum atomic E-state index is -1.37. The van der Waals surface area contributed by atoms with E-state index in [1.807, 2.05) is 25.1 Å². The van der Waals surface area contributed by atoms with Crippen LogP contribution >= 0.6 is 11.6 Å². The number of ether oxygens (including phenoxy) is 3. The average Bonchev–Trinajstić information content (AvgIpc) is 3.36. The Hall–Kier alpha value is -3.79. The van der Waals surface area contributed by atoms with E-state index in [2.05, 4.69) is 10.3 Å². The summed E-state index contributed by atoms with van der Waals surface area (Å²) in [5, 5.41) is 2.42. The molecule has 2 atom stereocenters. The minimum Gasteiger partial charge on any atom is -0.454 e. The van der Waals surface area contributed by atoms with Crippen LogP contribution in [-0.4, -0.2) is 43.0 Å². The van der Waals surface area contributed by atoms with Crippen molar-refractivity contribution in [1.82, 2.24) is 4.90 Å². The van der Waals surface area contributed by atoms with E-state index in [1.165, 1.54) is 29.4 Å². The Bertz CT molecular complexity index is 1320. The average molecular weight is 529 g/mol. The van der Waals surface area contributed by atoms with Crippen LogP contribution in [0, 0.1) is 5.82 Å². The maximum absolute atomic E-state index is 15.1. The molecule has 194 valence electrons. The molecule has 3 aliphatic heterocycles. The smallest absolute Gasteiger partial charge is 0.412 e. The number of piperidine rings is 1. The first-order chi connectivity index (χ1) is 17.8. The minimum absolute atomic E-state index is 0.0476. The Labute approximate surface area is 218 Å². The van der Waals surface area contributed by atoms with Crippen molar-refractivity contribution >= 4 is 35.5 Å².